The van der Waals surface area contributed by atoms with Crippen molar-refractivity contribution in [3.8, 4) is 5.75 Å². The van der Waals surface area contributed by atoms with Crippen LogP contribution in [0.15, 0.2) is 65.3 Å². The lowest BCUT2D eigenvalue weighted by Gasteiger charge is -2.48. The van der Waals surface area contributed by atoms with Crippen LogP contribution in [0.2, 0.25) is 0 Å². The Bertz CT molecular complexity index is 2880. The van der Waals surface area contributed by atoms with Crippen LogP contribution >= 0.6 is 23.1 Å². The van der Waals surface area contributed by atoms with Gasteiger partial charge in [-0.2, -0.15) is 4.98 Å². The number of imide groups is 1. The molecule has 1 spiro atoms. The van der Waals surface area contributed by atoms with Crippen molar-refractivity contribution in [2.75, 3.05) is 86.7 Å². The first-order valence-corrected chi connectivity index (χ1v) is 27.7. The number of methoxy groups -OCH3 is 1. The van der Waals surface area contributed by atoms with Crippen molar-refractivity contribution < 1.29 is 23.7 Å². The van der Waals surface area contributed by atoms with E-state index in [9.17, 15) is 18.9 Å². The Labute approximate surface area is 412 Å². The normalized spacial score (nSPS) is 20.1. The molecular weight excluding hydrogens is 956 g/mol. The Morgan fingerprint density at radius 2 is 1.61 bits per heavy atom. The number of benzene rings is 3. The molecule has 0 bridgehead atoms. The molecule has 15 nitrogen and oxygen atoms in total. The molecule has 0 radical (unpaired) electrons. The van der Waals surface area contributed by atoms with Gasteiger partial charge in [-0.25, -0.2) is 4.98 Å². The standard InChI is InChI=1S/C52H62BrN10O5P/c1-32-26-42(57-51-54-29-39(53)48(59-51)56-41-11-10-40-38(8-6-33(2)55-40)47(41)69(4,5)67)45(68-3)28-44(32)62-24-18-52(19-25-62)16-22-60(23-17-52)30-34-14-20-61(21-15-34)36-7-9-37-35(27-36)31-63(50(37)66)43-12-13-46(64)58-49(43)65/h6-11,26-29,34,43H,12-25,30-31H2,1-5H3,(H,58,64,65)(H2,54,56,57,59). The molecule has 5 aromatic rings. The number of pyridine rings is 1. The number of carbonyl (C=O) groups is 3. The predicted octanol–water partition coefficient (Wildman–Crippen LogP) is 8.51. The van der Waals surface area contributed by atoms with E-state index in [1.165, 1.54) is 31.4 Å². The molecule has 1 unspecified atom stereocenters. The number of fused-ring (bicyclic) bond motifs is 2. The van der Waals surface area contributed by atoms with Gasteiger partial charge in [0.2, 0.25) is 17.8 Å². The zero-order valence-corrected chi connectivity index (χ0v) is 42.7. The Morgan fingerprint density at radius 1 is 0.855 bits per heavy atom. The molecule has 3 amide bonds. The van der Waals surface area contributed by atoms with E-state index in [1.54, 1.807) is 31.5 Å². The van der Waals surface area contributed by atoms with Gasteiger partial charge in [0.1, 0.15) is 24.8 Å². The van der Waals surface area contributed by atoms with E-state index in [-0.39, 0.29) is 24.1 Å². The molecule has 362 valence electrons. The number of nitrogens with zero attached hydrogens (tertiary/aromatic N) is 7. The van der Waals surface area contributed by atoms with Crippen molar-refractivity contribution in [2.45, 2.75) is 77.8 Å². The highest BCUT2D eigenvalue weighted by atomic mass is 79.9. The first-order valence-electron chi connectivity index (χ1n) is 24.3. The van der Waals surface area contributed by atoms with Crippen molar-refractivity contribution in [3.05, 3.63) is 87.7 Å². The van der Waals surface area contributed by atoms with E-state index in [2.05, 4.69) is 87.7 Å². The highest BCUT2D eigenvalue weighted by molar-refractivity contribution is 9.10. The van der Waals surface area contributed by atoms with E-state index in [0.717, 1.165) is 109 Å². The summed E-state index contributed by atoms with van der Waals surface area (Å²) in [6.07, 6.45) is 9.48. The lowest BCUT2D eigenvalue weighted by Crippen LogP contribution is -2.52. The topological polar surface area (TPSA) is 165 Å². The van der Waals surface area contributed by atoms with Crippen LogP contribution in [0.5, 0.6) is 5.75 Å². The molecule has 2 aromatic heterocycles. The van der Waals surface area contributed by atoms with Crippen molar-refractivity contribution in [1.29, 1.82) is 0 Å². The van der Waals surface area contributed by atoms with Gasteiger partial charge in [0.05, 0.1) is 28.5 Å². The van der Waals surface area contributed by atoms with E-state index in [0.29, 0.717) is 51.8 Å². The number of anilines is 6. The molecule has 3 N–H and O–H groups in total. The summed E-state index contributed by atoms with van der Waals surface area (Å²) in [6.45, 7) is 15.6. The van der Waals surface area contributed by atoms with E-state index in [4.69, 9.17) is 9.72 Å². The minimum atomic E-state index is -2.72. The SMILES string of the molecule is COc1cc(N2CCC3(CCN(CC4CCN(c5ccc6c(c5)CN(C5CCC(=O)NC5=O)C6=O)CC4)CC3)CC2)c(C)cc1Nc1ncc(Br)c(Nc2ccc3nc(C)ccc3c2P(C)(C)=O)n1. The van der Waals surface area contributed by atoms with Gasteiger partial charge in [0, 0.05) is 91.3 Å². The smallest absolute Gasteiger partial charge is 0.255 e. The van der Waals surface area contributed by atoms with Gasteiger partial charge in [-0.05, 0) is 166 Å². The Morgan fingerprint density at radius 3 is 2.33 bits per heavy atom. The van der Waals surface area contributed by atoms with Gasteiger partial charge < -0.3 is 39.5 Å². The van der Waals surface area contributed by atoms with Gasteiger partial charge in [0.15, 0.2) is 0 Å². The lowest BCUT2D eigenvalue weighted by atomic mass is 9.71. The molecule has 1 atom stereocenters. The van der Waals surface area contributed by atoms with Gasteiger partial charge in [-0.3, -0.25) is 24.7 Å². The average Bonchev–Trinajstić information content (AvgIpc) is 3.65. The summed E-state index contributed by atoms with van der Waals surface area (Å²) >= 11 is 3.63. The number of aromatic nitrogens is 3. The number of nitrogens with one attached hydrogen (secondary N) is 3. The second-order valence-corrected chi connectivity index (χ2v) is 24.3. The molecule has 7 heterocycles. The van der Waals surface area contributed by atoms with Gasteiger partial charge >= 0.3 is 0 Å². The number of amides is 3. The Kier molecular flexibility index (Phi) is 13.0. The van der Waals surface area contributed by atoms with E-state index < -0.39 is 13.2 Å². The first kappa shape index (κ1) is 47.1. The quantitative estimate of drug-likeness (QED) is 0.0853. The van der Waals surface area contributed by atoms with Crippen LogP contribution < -0.4 is 35.8 Å². The molecule has 0 saturated carbocycles. The summed E-state index contributed by atoms with van der Waals surface area (Å²) in [5.74, 6) is 1.56. The Hall–Kier alpha value is -5.57. The molecule has 4 fully saturated rings. The average molecular weight is 1020 g/mol. The fourth-order valence-corrected chi connectivity index (χ4v) is 13.2. The number of likely N-dealkylation sites (tertiary alicyclic amines) is 1. The molecule has 17 heteroatoms. The fourth-order valence-electron chi connectivity index (χ4n) is 11.4. The summed E-state index contributed by atoms with van der Waals surface area (Å²) < 4.78 is 20.3. The summed E-state index contributed by atoms with van der Waals surface area (Å²) in [5, 5.41) is 10.8. The van der Waals surface area contributed by atoms with Crippen LogP contribution in [0.1, 0.15) is 78.5 Å². The van der Waals surface area contributed by atoms with Crippen LogP contribution in [0.3, 0.4) is 0 Å². The third kappa shape index (κ3) is 9.68. The fraction of sp³-hybridized carbons (Fsp3) is 0.462. The summed E-state index contributed by atoms with van der Waals surface area (Å²) in [5.41, 5.74) is 8.70. The number of halogens is 1. The minimum Gasteiger partial charge on any atom is -0.494 e. The van der Waals surface area contributed by atoms with Crippen LogP contribution in [-0.2, 0) is 20.7 Å². The van der Waals surface area contributed by atoms with Crippen LogP contribution in [-0.4, -0.2) is 115 Å². The van der Waals surface area contributed by atoms with Crippen molar-refractivity contribution in [1.82, 2.24) is 30.1 Å². The van der Waals surface area contributed by atoms with Gasteiger partial charge in [0.25, 0.3) is 5.91 Å². The Balaban J connectivity index is 0.714. The number of piperidine rings is 4. The maximum absolute atomic E-state index is 13.7. The van der Waals surface area contributed by atoms with Crippen LogP contribution in [0, 0.1) is 25.2 Å². The maximum Gasteiger partial charge on any atom is 0.255 e. The molecule has 10 rings (SSSR count). The number of rotatable bonds is 11. The zero-order valence-electron chi connectivity index (χ0n) is 40.2. The second kappa shape index (κ2) is 19.0. The number of hydrogen-bond donors (Lipinski definition) is 3. The van der Waals surface area contributed by atoms with Gasteiger partial charge in [-0.15, -0.1) is 0 Å². The number of hydrogen-bond acceptors (Lipinski definition) is 13. The molecule has 69 heavy (non-hydrogen) atoms. The van der Waals surface area contributed by atoms with Crippen LogP contribution in [0.4, 0.5) is 34.5 Å². The highest BCUT2D eigenvalue weighted by Gasteiger charge is 2.41. The first-order chi connectivity index (χ1) is 33.1. The number of ether oxygens (including phenoxy) is 1. The van der Waals surface area contributed by atoms with E-state index >= 15 is 0 Å². The van der Waals surface area contributed by atoms with Gasteiger partial charge in [-0.1, -0.05) is 6.07 Å². The zero-order chi connectivity index (χ0) is 48.2. The van der Waals surface area contributed by atoms with E-state index in [1.807, 2.05) is 37.3 Å². The molecule has 5 aliphatic heterocycles. The van der Waals surface area contributed by atoms with Crippen molar-refractivity contribution in [2.24, 2.45) is 11.3 Å². The molecule has 0 aliphatic carbocycles. The molecule has 4 saturated heterocycles. The summed E-state index contributed by atoms with van der Waals surface area (Å²) in [6, 6.07) is 17.6. The summed E-state index contributed by atoms with van der Waals surface area (Å²) in [7, 11) is -1.03. The molecular formula is C52H62BrN10O5P. The van der Waals surface area contributed by atoms with Crippen molar-refractivity contribution >= 4 is 91.5 Å². The lowest BCUT2D eigenvalue weighted by molar-refractivity contribution is -0.136. The maximum atomic E-state index is 13.7. The van der Waals surface area contributed by atoms with Crippen LogP contribution in [0.25, 0.3) is 10.9 Å². The summed E-state index contributed by atoms with van der Waals surface area (Å²) in [4.78, 5) is 60.9. The number of aryl methyl sites for hydroxylation is 2. The second-order valence-electron chi connectivity index (χ2n) is 20.3. The minimum absolute atomic E-state index is 0.124. The molecule has 3 aromatic carbocycles. The third-order valence-corrected chi connectivity index (χ3v) is 17.5. The predicted molar refractivity (Wildman–Crippen MR) is 277 cm³/mol. The highest BCUT2D eigenvalue weighted by Crippen LogP contribution is 2.45. The van der Waals surface area contributed by atoms with Crippen molar-refractivity contribution in [3.63, 3.8) is 0 Å². The number of carbonyl (C=O) groups excluding carboxylic acids is 3. The third-order valence-electron chi connectivity index (χ3n) is 15.4. The molecule has 5 aliphatic rings. The largest absolute Gasteiger partial charge is 0.494 e. The monoisotopic (exact) mass is 1020 g/mol.